The van der Waals surface area contributed by atoms with Gasteiger partial charge in [-0.1, -0.05) is 18.2 Å². The highest BCUT2D eigenvalue weighted by Crippen LogP contribution is 2.19. The molecule has 1 aromatic carbocycles. The molecule has 1 N–H and O–H groups in total. The lowest BCUT2D eigenvalue weighted by atomic mass is 10.1. The highest BCUT2D eigenvalue weighted by molar-refractivity contribution is 5.96. The Bertz CT molecular complexity index is 572. The van der Waals surface area contributed by atoms with Gasteiger partial charge in [-0.2, -0.15) is 0 Å². The lowest BCUT2D eigenvalue weighted by Crippen LogP contribution is -2.21. The normalized spacial score (nSPS) is 10.3. The van der Waals surface area contributed by atoms with Crippen LogP contribution in [0.25, 0.3) is 0 Å². The van der Waals surface area contributed by atoms with Crippen LogP contribution in [0.2, 0.25) is 0 Å². The third-order valence-electron chi connectivity index (χ3n) is 2.73. The van der Waals surface area contributed by atoms with Gasteiger partial charge in [0.2, 0.25) is 0 Å². The van der Waals surface area contributed by atoms with Crippen molar-refractivity contribution < 1.29 is 23.9 Å². The van der Waals surface area contributed by atoms with Crippen LogP contribution in [0.5, 0.6) is 0 Å². The van der Waals surface area contributed by atoms with Gasteiger partial charge in [0.25, 0.3) is 5.91 Å². The van der Waals surface area contributed by atoms with Crippen LogP contribution in [0, 0.1) is 13.8 Å². The average molecular weight is 305 g/mol. The molecule has 0 aliphatic rings. The topological polar surface area (TPSA) is 81.7 Å². The Labute approximate surface area is 129 Å². The molecule has 0 saturated carbocycles. The maximum atomic E-state index is 11.8. The van der Waals surface area contributed by atoms with Gasteiger partial charge >= 0.3 is 11.9 Å². The van der Waals surface area contributed by atoms with Crippen LogP contribution in [-0.2, 0) is 23.9 Å². The maximum Gasteiger partial charge on any atom is 0.331 e. The van der Waals surface area contributed by atoms with E-state index < -0.39 is 24.5 Å². The summed E-state index contributed by atoms with van der Waals surface area (Å²) >= 11 is 0. The SMILES string of the molecule is CCOC(=O)/C=C/C(=O)OCC(=O)Nc1c(C)cccc1C. The number of anilines is 1. The van der Waals surface area contributed by atoms with Crippen LogP contribution in [0.3, 0.4) is 0 Å². The molecule has 0 aliphatic heterocycles. The van der Waals surface area contributed by atoms with Crippen molar-refractivity contribution in [2.75, 3.05) is 18.5 Å². The first kappa shape index (κ1) is 17.4. The largest absolute Gasteiger partial charge is 0.463 e. The minimum atomic E-state index is -0.787. The van der Waals surface area contributed by atoms with Crippen molar-refractivity contribution in [2.45, 2.75) is 20.8 Å². The number of hydrogen-bond donors (Lipinski definition) is 1. The van der Waals surface area contributed by atoms with Crippen LogP contribution in [0.4, 0.5) is 5.69 Å². The molecule has 0 bridgehead atoms. The fourth-order valence-electron chi connectivity index (χ4n) is 1.70. The second kappa shape index (κ2) is 8.61. The minimum Gasteiger partial charge on any atom is -0.463 e. The van der Waals surface area contributed by atoms with Gasteiger partial charge in [-0.3, -0.25) is 4.79 Å². The van der Waals surface area contributed by atoms with E-state index in [1.165, 1.54) is 0 Å². The number of nitrogens with one attached hydrogen (secondary N) is 1. The van der Waals surface area contributed by atoms with Gasteiger partial charge < -0.3 is 14.8 Å². The molecule has 6 heteroatoms. The standard InChI is InChI=1S/C16H19NO5/c1-4-21-14(19)8-9-15(20)22-10-13(18)17-16-11(2)6-5-7-12(16)3/h5-9H,4,10H2,1-3H3,(H,17,18)/b9-8+. The van der Waals surface area contributed by atoms with Gasteiger partial charge in [-0.15, -0.1) is 0 Å². The molecule has 0 heterocycles. The number of ether oxygens (including phenoxy) is 2. The smallest absolute Gasteiger partial charge is 0.331 e. The molecule has 0 aromatic heterocycles. The molecule has 0 aliphatic carbocycles. The number of carbonyl (C=O) groups excluding carboxylic acids is 3. The highest BCUT2D eigenvalue weighted by Gasteiger charge is 2.09. The Morgan fingerprint density at radius 2 is 1.59 bits per heavy atom. The summed E-state index contributed by atoms with van der Waals surface area (Å²) in [5.41, 5.74) is 2.54. The number of aryl methyl sites for hydroxylation is 2. The van der Waals surface area contributed by atoms with E-state index in [-0.39, 0.29) is 6.61 Å². The molecule has 6 nitrogen and oxygen atoms in total. The van der Waals surface area contributed by atoms with Crippen molar-refractivity contribution in [2.24, 2.45) is 0 Å². The maximum absolute atomic E-state index is 11.8. The molecule has 0 spiro atoms. The van der Waals surface area contributed by atoms with E-state index in [0.717, 1.165) is 23.3 Å². The molecule has 0 unspecified atom stereocenters. The van der Waals surface area contributed by atoms with Gasteiger partial charge in [-0.05, 0) is 31.9 Å². The van der Waals surface area contributed by atoms with E-state index in [1.807, 2.05) is 32.0 Å². The Hall–Kier alpha value is -2.63. The molecule has 118 valence electrons. The molecular weight excluding hydrogens is 286 g/mol. The molecule has 22 heavy (non-hydrogen) atoms. The first-order chi connectivity index (χ1) is 10.4. The summed E-state index contributed by atoms with van der Waals surface area (Å²) in [5.74, 6) is -1.88. The number of para-hydroxylation sites is 1. The molecule has 0 radical (unpaired) electrons. The van der Waals surface area contributed by atoms with E-state index in [2.05, 4.69) is 10.1 Å². The second-order valence-electron chi connectivity index (χ2n) is 4.51. The van der Waals surface area contributed by atoms with Gasteiger partial charge in [0.1, 0.15) is 0 Å². The molecule has 1 aromatic rings. The van der Waals surface area contributed by atoms with Crippen molar-refractivity contribution in [1.29, 1.82) is 0 Å². The Kier molecular flexibility index (Phi) is 6.82. The third kappa shape index (κ3) is 5.78. The van der Waals surface area contributed by atoms with Crippen LogP contribution in [0.1, 0.15) is 18.1 Å². The van der Waals surface area contributed by atoms with Crippen molar-refractivity contribution in [1.82, 2.24) is 0 Å². The number of amides is 1. The van der Waals surface area contributed by atoms with Crippen LogP contribution < -0.4 is 5.32 Å². The summed E-state index contributed by atoms with van der Waals surface area (Å²) in [4.78, 5) is 34.1. The summed E-state index contributed by atoms with van der Waals surface area (Å²) < 4.78 is 9.35. The van der Waals surface area contributed by atoms with Crippen LogP contribution in [0.15, 0.2) is 30.4 Å². The predicted octanol–water partition coefficient (Wildman–Crippen LogP) is 1.90. The van der Waals surface area contributed by atoms with Crippen molar-refractivity contribution in [3.8, 4) is 0 Å². The van der Waals surface area contributed by atoms with Gasteiger partial charge in [0.05, 0.1) is 6.61 Å². The van der Waals surface area contributed by atoms with Crippen LogP contribution in [-0.4, -0.2) is 31.1 Å². The van der Waals surface area contributed by atoms with Gasteiger partial charge in [0.15, 0.2) is 6.61 Å². The van der Waals surface area contributed by atoms with E-state index in [1.54, 1.807) is 6.92 Å². The van der Waals surface area contributed by atoms with Crippen LogP contribution >= 0.6 is 0 Å². The summed E-state index contributed by atoms with van der Waals surface area (Å²) in [6, 6.07) is 5.63. The summed E-state index contributed by atoms with van der Waals surface area (Å²) in [6.07, 6.45) is 1.87. The van der Waals surface area contributed by atoms with Crippen molar-refractivity contribution in [3.05, 3.63) is 41.5 Å². The molecular formula is C16H19NO5. The average Bonchev–Trinajstić information content (AvgIpc) is 2.47. The fraction of sp³-hybridized carbons (Fsp3) is 0.312. The first-order valence-electron chi connectivity index (χ1n) is 6.81. The Morgan fingerprint density at radius 3 is 2.14 bits per heavy atom. The molecule has 1 rings (SSSR count). The second-order valence-corrected chi connectivity index (χ2v) is 4.51. The van der Waals surface area contributed by atoms with Crippen molar-refractivity contribution >= 4 is 23.5 Å². The van der Waals surface area contributed by atoms with E-state index in [4.69, 9.17) is 4.74 Å². The third-order valence-corrected chi connectivity index (χ3v) is 2.73. The van der Waals surface area contributed by atoms with Crippen molar-refractivity contribution in [3.63, 3.8) is 0 Å². The zero-order chi connectivity index (χ0) is 16.5. The van der Waals surface area contributed by atoms with E-state index in [9.17, 15) is 14.4 Å². The lowest BCUT2D eigenvalue weighted by molar-refractivity contribution is -0.143. The van der Waals surface area contributed by atoms with Gasteiger partial charge in [0, 0.05) is 17.8 Å². The number of hydrogen-bond acceptors (Lipinski definition) is 5. The van der Waals surface area contributed by atoms with E-state index >= 15 is 0 Å². The molecule has 0 fully saturated rings. The summed E-state index contributed by atoms with van der Waals surface area (Å²) in [7, 11) is 0. The molecule has 1 amide bonds. The molecule has 0 atom stereocenters. The number of rotatable bonds is 6. The molecule has 0 saturated heterocycles. The Balaban J connectivity index is 2.46. The minimum absolute atomic E-state index is 0.219. The monoisotopic (exact) mass is 305 g/mol. The summed E-state index contributed by atoms with van der Waals surface area (Å²) in [6.45, 7) is 5.19. The lowest BCUT2D eigenvalue weighted by Gasteiger charge is -2.11. The van der Waals surface area contributed by atoms with Gasteiger partial charge in [-0.25, -0.2) is 9.59 Å². The predicted molar refractivity (Wildman–Crippen MR) is 81.3 cm³/mol. The quantitative estimate of drug-likeness (QED) is 0.641. The zero-order valence-corrected chi connectivity index (χ0v) is 12.8. The zero-order valence-electron chi connectivity index (χ0n) is 12.8. The number of carbonyl (C=O) groups is 3. The fourth-order valence-corrected chi connectivity index (χ4v) is 1.70. The Morgan fingerprint density at radius 1 is 1.05 bits per heavy atom. The highest BCUT2D eigenvalue weighted by atomic mass is 16.5. The number of benzene rings is 1. The summed E-state index contributed by atoms with van der Waals surface area (Å²) in [5, 5.41) is 2.69. The first-order valence-corrected chi connectivity index (χ1v) is 6.81. The number of esters is 2. The van der Waals surface area contributed by atoms with E-state index in [0.29, 0.717) is 5.69 Å².